The summed E-state index contributed by atoms with van der Waals surface area (Å²) in [4.78, 5) is 4.21. The van der Waals surface area contributed by atoms with E-state index in [-0.39, 0.29) is 0 Å². The first-order valence-electron chi connectivity index (χ1n) is 8.27. The van der Waals surface area contributed by atoms with E-state index in [1.54, 1.807) is 0 Å². The summed E-state index contributed by atoms with van der Waals surface area (Å²) >= 11 is 0.613. The molecule has 1 aliphatic rings. The predicted molar refractivity (Wildman–Crippen MR) is 90.0 cm³/mol. The van der Waals surface area contributed by atoms with Crippen molar-refractivity contribution in [2.45, 2.75) is 32.4 Å². The van der Waals surface area contributed by atoms with E-state index in [0.717, 1.165) is 37.6 Å². The molecule has 0 unspecified atom stereocenters. The van der Waals surface area contributed by atoms with Crippen LogP contribution in [0.1, 0.15) is 35.8 Å². The number of furan rings is 1. The standard InChI is InChI=1S/C16H21F3N4OS/c1-11(13-4-3-12(2)24-13)5-6-22-7-9-23(10-8-22)15-21-20-14(25-15)16(17,18)19/h3-4,11H,5-10H2,1-2H3/t11-/m1/s1. The largest absolute Gasteiger partial charge is 0.466 e. The number of alkyl halides is 3. The molecule has 1 atom stereocenters. The molecule has 0 spiro atoms. The molecule has 2 aromatic heterocycles. The number of halogens is 3. The minimum Gasteiger partial charge on any atom is -0.466 e. The Bertz CT molecular complexity index is 692. The summed E-state index contributed by atoms with van der Waals surface area (Å²) in [6.07, 6.45) is -3.43. The fourth-order valence-corrected chi connectivity index (χ4v) is 3.62. The Morgan fingerprint density at radius 2 is 1.92 bits per heavy atom. The van der Waals surface area contributed by atoms with Crippen LogP contribution in [0.4, 0.5) is 18.3 Å². The number of piperazine rings is 1. The van der Waals surface area contributed by atoms with Crippen LogP contribution in [-0.4, -0.2) is 47.8 Å². The molecule has 0 N–H and O–H groups in total. The molecule has 3 heterocycles. The van der Waals surface area contributed by atoms with E-state index in [1.807, 2.05) is 24.0 Å². The van der Waals surface area contributed by atoms with Gasteiger partial charge in [0.2, 0.25) is 10.1 Å². The van der Waals surface area contributed by atoms with Gasteiger partial charge in [-0.2, -0.15) is 13.2 Å². The molecule has 1 fully saturated rings. The molecule has 1 aliphatic heterocycles. The van der Waals surface area contributed by atoms with E-state index in [4.69, 9.17) is 4.42 Å². The number of hydrogen-bond acceptors (Lipinski definition) is 6. The van der Waals surface area contributed by atoms with Crippen molar-refractivity contribution < 1.29 is 17.6 Å². The zero-order valence-electron chi connectivity index (χ0n) is 14.2. The zero-order chi connectivity index (χ0) is 18.0. The first-order chi connectivity index (χ1) is 11.8. The smallest absolute Gasteiger partial charge is 0.445 e. The van der Waals surface area contributed by atoms with Crippen molar-refractivity contribution in [1.82, 2.24) is 15.1 Å². The summed E-state index contributed by atoms with van der Waals surface area (Å²) in [6, 6.07) is 3.99. The Balaban J connectivity index is 1.46. The minimum atomic E-state index is -4.42. The van der Waals surface area contributed by atoms with Crippen molar-refractivity contribution in [1.29, 1.82) is 0 Å². The van der Waals surface area contributed by atoms with Gasteiger partial charge in [0.25, 0.3) is 0 Å². The lowest BCUT2D eigenvalue weighted by Crippen LogP contribution is -2.46. The van der Waals surface area contributed by atoms with Gasteiger partial charge in [0.05, 0.1) is 0 Å². The summed E-state index contributed by atoms with van der Waals surface area (Å²) in [5.41, 5.74) is 0. The maximum absolute atomic E-state index is 12.6. The first-order valence-corrected chi connectivity index (χ1v) is 9.09. The van der Waals surface area contributed by atoms with Gasteiger partial charge < -0.3 is 9.32 Å². The fourth-order valence-electron chi connectivity index (χ4n) is 2.86. The molecule has 0 bridgehead atoms. The highest BCUT2D eigenvalue weighted by Gasteiger charge is 2.36. The molecule has 1 saturated heterocycles. The van der Waals surface area contributed by atoms with Gasteiger partial charge in [-0.15, -0.1) is 10.2 Å². The van der Waals surface area contributed by atoms with E-state index in [2.05, 4.69) is 22.0 Å². The number of rotatable bonds is 5. The number of hydrogen-bond donors (Lipinski definition) is 0. The van der Waals surface area contributed by atoms with Crippen LogP contribution in [0.2, 0.25) is 0 Å². The lowest BCUT2D eigenvalue weighted by atomic mass is 10.0. The molecule has 0 amide bonds. The predicted octanol–water partition coefficient (Wildman–Crippen LogP) is 3.77. The van der Waals surface area contributed by atoms with Crippen LogP contribution >= 0.6 is 11.3 Å². The molecule has 0 saturated carbocycles. The first kappa shape index (κ1) is 18.2. The third kappa shape index (κ3) is 4.52. The highest BCUT2D eigenvalue weighted by atomic mass is 32.1. The zero-order valence-corrected chi connectivity index (χ0v) is 15.0. The monoisotopic (exact) mass is 374 g/mol. The van der Waals surface area contributed by atoms with Gasteiger partial charge in [0, 0.05) is 32.1 Å². The normalized spacial score (nSPS) is 17.9. The number of aryl methyl sites for hydroxylation is 1. The van der Waals surface area contributed by atoms with Crippen LogP contribution in [0, 0.1) is 6.92 Å². The average molecular weight is 374 g/mol. The van der Waals surface area contributed by atoms with Gasteiger partial charge in [-0.1, -0.05) is 18.3 Å². The summed E-state index contributed by atoms with van der Waals surface area (Å²) in [5.74, 6) is 2.28. The van der Waals surface area contributed by atoms with Crippen molar-refractivity contribution in [2.75, 3.05) is 37.6 Å². The highest BCUT2D eigenvalue weighted by Crippen LogP contribution is 2.34. The molecule has 138 valence electrons. The Morgan fingerprint density at radius 3 is 2.48 bits per heavy atom. The van der Waals surface area contributed by atoms with Crippen molar-refractivity contribution in [3.8, 4) is 0 Å². The molecule has 2 aromatic rings. The minimum absolute atomic E-state index is 0.351. The molecule has 25 heavy (non-hydrogen) atoms. The van der Waals surface area contributed by atoms with Crippen LogP contribution in [-0.2, 0) is 6.18 Å². The number of aromatic nitrogens is 2. The second-order valence-electron chi connectivity index (χ2n) is 6.35. The van der Waals surface area contributed by atoms with E-state index in [9.17, 15) is 13.2 Å². The molecule has 0 aromatic carbocycles. The third-order valence-corrected chi connectivity index (χ3v) is 5.45. The van der Waals surface area contributed by atoms with Gasteiger partial charge in [-0.3, -0.25) is 4.90 Å². The van der Waals surface area contributed by atoms with Crippen LogP contribution < -0.4 is 4.90 Å². The molecule has 0 radical (unpaired) electrons. The second-order valence-corrected chi connectivity index (χ2v) is 7.31. The molecule has 5 nitrogen and oxygen atoms in total. The Hall–Kier alpha value is -1.61. The van der Waals surface area contributed by atoms with E-state index in [0.29, 0.717) is 35.5 Å². The fraction of sp³-hybridized carbons (Fsp3) is 0.625. The summed E-state index contributed by atoms with van der Waals surface area (Å²) < 4.78 is 43.5. The SMILES string of the molecule is Cc1ccc([C@H](C)CCN2CCN(c3nnc(C(F)(F)F)s3)CC2)o1. The maximum Gasteiger partial charge on any atom is 0.445 e. The van der Waals surface area contributed by atoms with E-state index in [1.165, 1.54) is 0 Å². The van der Waals surface area contributed by atoms with E-state index >= 15 is 0 Å². The molecular formula is C16H21F3N4OS. The second kappa shape index (κ2) is 7.33. The van der Waals surface area contributed by atoms with Gasteiger partial charge in [0.15, 0.2) is 0 Å². The van der Waals surface area contributed by atoms with Gasteiger partial charge in [-0.05, 0) is 32.0 Å². The Kier molecular flexibility index (Phi) is 5.33. The summed E-state index contributed by atoms with van der Waals surface area (Å²) in [7, 11) is 0. The third-order valence-electron chi connectivity index (χ3n) is 4.42. The van der Waals surface area contributed by atoms with E-state index < -0.39 is 11.2 Å². The topological polar surface area (TPSA) is 45.4 Å². The molecule has 3 rings (SSSR count). The van der Waals surface area contributed by atoms with Crippen LogP contribution in [0.3, 0.4) is 0 Å². The van der Waals surface area contributed by atoms with Gasteiger partial charge in [-0.25, -0.2) is 0 Å². The number of nitrogens with zero attached hydrogens (tertiary/aromatic N) is 4. The van der Waals surface area contributed by atoms with Crippen molar-refractivity contribution in [3.63, 3.8) is 0 Å². The van der Waals surface area contributed by atoms with Gasteiger partial charge >= 0.3 is 6.18 Å². The van der Waals surface area contributed by atoms with Crippen LogP contribution in [0.25, 0.3) is 0 Å². The quantitative estimate of drug-likeness (QED) is 0.797. The Labute approximate surface area is 148 Å². The van der Waals surface area contributed by atoms with Crippen LogP contribution in [0.5, 0.6) is 0 Å². The number of anilines is 1. The van der Waals surface area contributed by atoms with Crippen LogP contribution in [0.15, 0.2) is 16.5 Å². The van der Waals surface area contributed by atoms with Gasteiger partial charge in [0.1, 0.15) is 11.5 Å². The molecular weight excluding hydrogens is 353 g/mol. The summed E-state index contributed by atoms with van der Waals surface area (Å²) in [5, 5.41) is 6.42. The molecule has 0 aliphatic carbocycles. The Morgan fingerprint density at radius 1 is 1.20 bits per heavy atom. The van der Waals surface area contributed by atoms with Crippen molar-refractivity contribution in [2.24, 2.45) is 0 Å². The lowest BCUT2D eigenvalue weighted by molar-refractivity contribution is -0.138. The van der Waals surface area contributed by atoms with Crippen molar-refractivity contribution >= 4 is 16.5 Å². The maximum atomic E-state index is 12.6. The summed E-state index contributed by atoms with van der Waals surface area (Å²) in [6.45, 7) is 7.98. The highest BCUT2D eigenvalue weighted by molar-refractivity contribution is 7.15. The molecule has 9 heteroatoms. The lowest BCUT2D eigenvalue weighted by Gasteiger charge is -2.34. The average Bonchev–Trinajstić information content (AvgIpc) is 3.22. The van der Waals surface area contributed by atoms with Crippen molar-refractivity contribution in [3.05, 3.63) is 28.7 Å².